The van der Waals surface area contributed by atoms with Crippen molar-refractivity contribution in [3.8, 4) is 22.8 Å². The Labute approximate surface area is 179 Å². The second-order valence-electron chi connectivity index (χ2n) is 7.16. The molecule has 0 unspecified atom stereocenters. The zero-order chi connectivity index (χ0) is 21.8. The van der Waals surface area contributed by atoms with Crippen molar-refractivity contribution in [1.29, 1.82) is 0 Å². The molecule has 6 heteroatoms. The van der Waals surface area contributed by atoms with Crippen molar-refractivity contribution in [2.75, 3.05) is 10.6 Å². The molecule has 0 aliphatic rings. The zero-order valence-electron chi connectivity index (χ0n) is 17.2. The van der Waals surface area contributed by atoms with Crippen molar-refractivity contribution >= 4 is 23.2 Å². The predicted octanol–water partition coefficient (Wildman–Crippen LogP) is 5.53. The maximum absolute atomic E-state index is 13.0. The summed E-state index contributed by atoms with van der Waals surface area (Å²) in [5, 5.41) is 5.57. The number of nitrogens with one attached hydrogen (secondary N) is 2. The Bertz CT molecular complexity index is 1240. The van der Waals surface area contributed by atoms with Gasteiger partial charge in [0.2, 0.25) is 11.8 Å². The van der Waals surface area contributed by atoms with E-state index >= 15 is 0 Å². The first-order chi connectivity index (χ1) is 15.0. The normalized spacial score (nSPS) is 10.5. The lowest BCUT2D eigenvalue weighted by atomic mass is 10.1. The van der Waals surface area contributed by atoms with Gasteiger partial charge in [-0.1, -0.05) is 48.0 Å². The van der Waals surface area contributed by atoms with Gasteiger partial charge < -0.3 is 15.1 Å². The highest BCUT2D eigenvalue weighted by atomic mass is 16.4. The van der Waals surface area contributed by atoms with E-state index in [-0.39, 0.29) is 11.8 Å². The van der Waals surface area contributed by atoms with E-state index in [9.17, 15) is 9.59 Å². The van der Waals surface area contributed by atoms with Crippen LogP contribution in [0.2, 0.25) is 0 Å². The number of nitrogens with zero attached hydrogens (tertiary/aromatic N) is 1. The lowest BCUT2D eigenvalue weighted by Crippen LogP contribution is -2.13. The van der Waals surface area contributed by atoms with E-state index in [0.29, 0.717) is 34.2 Å². The highest BCUT2D eigenvalue weighted by molar-refractivity contribution is 6.08. The Kier molecular flexibility index (Phi) is 5.62. The van der Waals surface area contributed by atoms with E-state index in [0.717, 1.165) is 11.1 Å². The van der Waals surface area contributed by atoms with Crippen molar-refractivity contribution in [2.24, 2.45) is 0 Å². The van der Waals surface area contributed by atoms with Gasteiger partial charge in [0.15, 0.2) is 5.76 Å². The highest BCUT2D eigenvalue weighted by Crippen LogP contribution is 2.29. The van der Waals surface area contributed by atoms with Crippen molar-refractivity contribution in [3.63, 3.8) is 0 Å². The highest BCUT2D eigenvalue weighted by Gasteiger charge is 2.17. The van der Waals surface area contributed by atoms with Crippen LogP contribution in [0.25, 0.3) is 22.8 Å². The summed E-state index contributed by atoms with van der Waals surface area (Å²) in [7, 11) is 0. The molecular weight excluding hydrogens is 390 g/mol. The summed E-state index contributed by atoms with van der Waals surface area (Å²) in [6, 6.07) is 22.1. The Morgan fingerprint density at radius 3 is 2.32 bits per heavy atom. The number of hydrogen-bond acceptors (Lipinski definition) is 4. The fourth-order valence-corrected chi connectivity index (χ4v) is 3.19. The molecule has 6 nitrogen and oxygen atoms in total. The van der Waals surface area contributed by atoms with Gasteiger partial charge in [0.25, 0.3) is 5.91 Å². The molecule has 3 aromatic carbocycles. The standard InChI is InChI=1S/C25H21N3O3/c1-16-10-12-18(13-11-16)23-15-26-25(31-23)22-9-4-3-8-21(22)24(30)28-20-7-5-6-19(14-20)27-17(2)29/h3-15H,1-2H3,(H,27,29)(H,28,30). The fourth-order valence-electron chi connectivity index (χ4n) is 3.19. The Morgan fingerprint density at radius 2 is 1.58 bits per heavy atom. The number of benzene rings is 3. The third-order valence-corrected chi connectivity index (χ3v) is 4.68. The SMILES string of the molecule is CC(=O)Nc1cccc(NC(=O)c2ccccc2-c2ncc(-c3ccc(C)cc3)o2)c1. The average molecular weight is 411 g/mol. The largest absolute Gasteiger partial charge is 0.436 e. The predicted molar refractivity (Wildman–Crippen MR) is 121 cm³/mol. The average Bonchev–Trinajstić information content (AvgIpc) is 3.24. The van der Waals surface area contributed by atoms with Crippen LogP contribution in [-0.4, -0.2) is 16.8 Å². The van der Waals surface area contributed by atoms with Crippen LogP contribution in [0.1, 0.15) is 22.8 Å². The summed E-state index contributed by atoms with van der Waals surface area (Å²) in [6.07, 6.45) is 1.66. The zero-order valence-corrected chi connectivity index (χ0v) is 17.2. The number of carbonyl (C=O) groups is 2. The van der Waals surface area contributed by atoms with Gasteiger partial charge in [-0.15, -0.1) is 0 Å². The summed E-state index contributed by atoms with van der Waals surface area (Å²) in [4.78, 5) is 28.7. The minimum Gasteiger partial charge on any atom is -0.436 e. The number of aromatic nitrogens is 1. The van der Waals surface area contributed by atoms with Gasteiger partial charge in [0, 0.05) is 29.4 Å². The molecule has 0 bridgehead atoms. The van der Waals surface area contributed by atoms with Gasteiger partial charge in [0.1, 0.15) is 0 Å². The first kappa shape index (κ1) is 20.1. The van der Waals surface area contributed by atoms with Crippen LogP contribution in [0, 0.1) is 6.92 Å². The maximum atomic E-state index is 13.0. The lowest BCUT2D eigenvalue weighted by Gasteiger charge is -2.10. The summed E-state index contributed by atoms with van der Waals surface area (Å²) >= 11 is 0. The number of rotatable bonds is 5. The summed E-state index contributed by atoms with van der Waals surface area (Å²) < 4.78 is 5.96. The molecule has 2 N–H and O–H groups in total. The van der Waals surface area contributed by atoms with Gasteiger partial charge in [0.05, 0.1) is 11.8 Å². The first-order valence-electron chi connectivity index (χ1n) is 9.81. The van der Waals surface area contributed by atoms with E-state index in [1.165, 1.54) is 6.92 Å². The van der Waals surface area contributed by atoms with E-state index in [4.69, 9.17) is 4.42 Å². The van der Waals surface area contributed by atoms with E-state index in [1.807, 2.05) is 37.3 Å². The first-order valence-corrected chi connectivity index (χ1v) is 9.81. The topological polar surface area (TPSA) is 84.2 Å². The van der Waals surface area contributed by atoms with Crippen molar-refractivity contribution in [1.82, 2.24) is 4.98 Å². The number of anilines is 2. The van der Waals surface area contributed by atoms with E-state index < -0.39 is 0 Å². The smallest absolute Gasteiger partial charge is 0.256 e. The molecule has 2 amide bonds. The lowest BCUT2D eigenvalue weighted by molar-refractivity contribution is -0.114. The van der Waals surface area contributed by atoms with Crippen LogP contribution >= 0.6 is 0 Å². The molecule has 0 aliphatic heterocycles. The van der Waals surface area contributed by atoms with Crippen LogP contribution in [0.4, 0.5) is 11.4 Å². The number of carbonyl (C=O) groups excluding carboxylic acids is 2. The molecule has 31 heavy (non-hydrogen) atoms. The molecular formula is C25H21N3O3. The third kappa shape index (κ3) is 4.70. The van der Waals surface area contributed by atoms with Crippen LogP contribution < -0.4 is 10.6 Å². The minimum absolute atomic E-state index is 0.179. The van der Waals surface area contributed by atoms with E-state index in [1.54, 1.807) is 48.7 Å². The second-order valence-corrected chi connectivity index (χ2v) is 7.16. The van der Waals surface area contributed by atoms with Crippen LogP contribution in [0.5, 0.6) is 0 Å². The summed E-state index contributed by atoms with van der Waals surface area (Å²) in [5.74, 6) is 0.522. The summed E-state index contributed by atoms with van der Waals surface area (Å²) in [5.41, 5.74) is 4.28. The van der Waals surface area contributed by atoms with Gasteiger partial charge in [-0.3, -0.25) is 9.59 Å². The Morgan fingerprint density at radius 1 is 0.871 bits per heavy atom. The van der Waals surface area contributed by atoms with E-state index in [2.05, 4.69) is 15.6 Å². The molecule has 0 radical (unpaired) electrons. The van der Waals surface area contributed by atoms with Crippen molar-refractivity contribution < 1.29 is 14.0 Å². The molecule has 4 aromatic rings. The number of hydrogen-bond donors (Lipinski definition) is 2. The molecule has 0 spiro atoms. The van der Waals surface area contributed by atoms with Crippen LogP contribution in [0.3, 0.4) is 0 Å². The maximum Gasteiger partial charge on any atom is 0.256 e. The minimum atomic E-state index is -0.300. The Balaban J connectivity index is 1.60. The molecule has 0 saturated carbocycles. The van der Waals surface area contributed by atoms with Crippen LogP contribution in [0.15, 0.2) is 83.4 Å². The number of aryl methyl sites for hydroxylation is 1. The molecule has 0 fully saturated rings. The second kappa shape index (κ2) is 8.67. The molecule has 1 heterocycles. The van der Waals surface area contributed by atoms with Crippen LogP contribution in [-0.2, 0) is 4.79 Å². The fraction of sp³-hybridized carbons (Fsp3) is 0.0800. The molecule has 0 aliphatic carbocycles. The molecule has 0 saturated heterocycles. The van der Waals surface area contributed by atoms with Crippen molar-refractivity contribution in [2.45, 2.75) is 13.8 Å². The van der Waals surface area contributed by atoms with Gasteiger partial charge in [-0.25, -0.2) is 4.98 Å². The monoisotopic (exact) mass is 411 g/mol. The number of oxazole rings is 1. The number of amides is 2. The van der Waals surface area contributed by atoms with Crippen molar-refractivity contribution in [3.05, 3.63) is 90.1 Å². The third-order valence-electron chi connectivity index (χ3n) is 4.68. The van der Waals surface area contributed by atoms with Gasteiger partial charge >= 0.3 is 0 Å². The van der Waals surface area contributed by atoms with Gasteiger partial charge in [-0.05, 0) is 37.3 Å². The van der Waals surface area contributed by atoms with Gasteiger partial charge in [-0.2, -0.15) is 0 Å². The molecule has 154 valence electrons. The molecule has 4 rings (SSSR count). The Hall–Kier alpha value is -4.19. The molecule has 1 aromatic heterocycles. The summed E-state index contributed by atoms with van der Waals surface area (Å²) in [6.45, 7) is 3.46. The quantitative estimate of drug-likeness (QED) is 0.452. The molecule has 0 atom stereocenters.